The molecule has 0 unspecified atom stereocenters. The van der Waals surface area contributed by atoms with Crippen LogP contribution in [0, 0.1) is 0 Å². The summed E-state index contributed by atoms with van der Waals surface area (Å²) >= 11 is 3.26. The van der Waals surface area contributed by atoms with Crippen LogP contribution < -0.4 is 11.0 Å². The lowest BCUT2D eigenvalue weighted by Gasteiger charge is -2.26. The van der Waals surface area contributed by atoms with Crippen molar-refractivity contribution in [1.29, 1.82) is 0 Å². The molecule has 0 aliphatic carbocycles. The highest BCUT2D eigenvalue weighted by Crippen LogP contribution is 2.40. The molecule has 3 heterocycles. The van der Waals surface area contributed by atoms with E-state index in [1.54, 1.807) is 5.59 Å². The van der Waals surface area contributed by atoms with Crippen molar-refractivity contribution in [3.05, 3.63) is 10.9 Å². The fraction of sp³-hybridized carbons (Fsp3) is 0.545. The normalized spacial score (nSPS) is 31.0. The van der Waals surface area contributed by atoms with Crippen LogP contribution in [0.4, 0.5) is 5.82 Å². The minimum atomic E-state index is -1.69. The van der Waals surface area contributed by atoms with Crippen LogP contribution in [0.2, 0.25) is 0 Å². The first kappa shape index (κ1) is 16.4. The number of hydrazine groups is 1. The molecule has 0 spiro atoms. The molecule has 0 radical (unpaired) electrons. The van der Waals surface area contributed by atoms with Gasteiger partial charge in [0.1, 0.15) is 28.7 Å². The highest BCUT2D eigenvalue weighted by atomic mass is 79.9. The highest BCUT2D eigenvalue weighted by molar-refractivity contribution is 9.10. The SMILES string of the molecule is C[C@@]1(O)[C@H](O)[C@@H](CO)O[C@H]1n1nc(Br)c2c(NNO)ncnc21. The fourth-order valence-corrected chi connectivity index (χ4v) is 3.13. The summed E-state index contributed by atoms with van der Waals surface area (Å²) in [6, 6.07) is 0. The van der Waals surface area contributed by atoms with Crippen LogP contribution in [-0.2, 0) is 4.74 Å². The molecule has 6 N–H and O–H groups in total. The van der Waals surface area contributed by atoms with E-state index in [9.17, 15) is 15.3 Å². The van der Waals surface area contributed by atoms with E-state index < -0.39 is 30.6 Å². The van der Waals surface area contributed by atoms with Gasteiger partial charge in [-0.15, -0.1) is 5.59 Å². The van der Waals surface area contributed by atoms with Gasteiger partial charge in [-0.2, -0.15) is 5.10 Å². The smallest absolute Gasteiger partial charge is 0.183 e. The minimum absolute atomic E-state index is 0.243. The van der Waals surface area contributed by atoms with Crippen molar-refractivity contribution < 1.29 is 25.3 Å². The van der Waals surface area contributed by atoms with Gasteiger partial charge < -0.3 is 20.1 Å². The maximum atomic E-state index is 10.5. The third-order valence-corrected chi connectivity index (χ3v) is 4.33. The average molecular weight is 391 g/mol. The summed E-state index contributed by atoms with van der Waals surface area (Å²) < 4.78 is 7.15. The Morgan fingerprint density at radius 1 is 1.48 bits per heavy atom. The Labute approximate surface area is 138 Å². The van der Waals surface area contributed by atoms with Crippen LogP contribution in [-0.4, -0.2) is 64.7 Å². The van der Waals surface area contributed by atoms with Crippen LogP contribution in [0.3, 0.4) is 0 Å². The van der Waals surface area contributed by atoms with E-state index in [0.29, 0.717) is 15.6 Å². The molecule has 0 bridgehead atoms. The molecule has 1 fully saturated rings. The Hall–Kier alpha value is -1.41. The first-order valence-corrected chi connectivity index (χ1v) is 7.41. The van der Waals surface area contributed by atoms with E-state index >= 15 is 0 Å². The van der Waals surface area contributed by atoms with Gasteiger partial charge in [0.15, 0.2) is 17.7 Å². The van der Waals surface area contributed by atoms with Gasteiger partial charge in [0.05, 0.1) is 12.0 Å². The zero-order chi connectivity index (χ0) is 16.8. The van der Waals surface area contributed by atoms with Gasteiger partial charge >= 0.3 is 0 Å². The molecule has 2 aromatic rings. The molecule has 1 saturated heterocycles. The van der Waals surface area contributed by atoms with E-state index in [0.717, 1.165) is 0 Å². The van der Waals surface area contributed by atoms with Crippen LogP contribution >= 0.6 is 15.9 Å². The van der Waals surface area contributed by atoms with Gasteiger partial charge in [-0.1, -0.05) is 0 Å². The van der Waals surface area contributed by atoms with Gasteiger partial charge in [0.2, 0.25) is 0 Å². The Balaban J connectivity index is 2.13. The standard InChI is InChI=1S/C11H15BrN6O5/c1-11(21)6(20)4(2-19)23-10(11)18-9-5(7(12)16-18)8(15-17-22)13-3-14-9/h3-4,6,10,17,19-22H,2H2,1H3,(H,13,14,15)/t4-,6-,10-,11-/m1/s1. The van der Waals surface area contributed by atoms with Gasteiger partial charge in [0.25, 0.3) is 0 Å². The predicted octanol–water partition coefficient (Wildman–Crippen LogP) is -1.10. The number of hydrogen-bond acceptors (Lipinski definition) is 10. The van der Waals surface area contributed by atoms with E-state index in [4.69, 9.17) is 9.94 Å². The molecular formula is C11H15BrN6O5. The van der Waals surface area contributed by atoms with Crippen molar-refractivity contribution in [2.75, 3.05) is 12.0 Å². The van der Waals surface area contributed by atoms with Crippen molar-refractivity contribution in [2.45, 2.75) is 31.0 Å². The number of aliphatic hydroxyl groups is 3. The maximum Gasteiger partial charge on any atom is 0.183 e. The number of aliphatic hydroxyl groups excluding tert-OH is 2. The molecule has 1 aliphatic heterocycles. The quantitative estimate of drug-likeness (QED) is 0.353. The summed E-state index contributed by atoms with van der Waals surface area (Å²) in [6.07, 6.45) is -2.09. The van der Waals surface area contributed by atoms with Crippen LogP contribution in [0.1, 0.15) is 13.2 Å². The largest absolute Gasteiger partial charge is 0.394 e. The summed E-state index contributed by atoms with van der Waals surface area (Å²) in [5, 5.41) is 43.3. The molecule has 4 atom stereocenters. The third-order valence-electron chi connectivity index (χ3n) is 3.78. The molecule has 3 rings (SSSR count). The van der Waals surface area contributed by atoms with E-state index in [-0.39, 0.29) is 5.82 Å². The molecule has 126 valence electrons. The molecule has 2 aromatic heterocycles. The number of halogens is 1. The molecule has 0 amide bonds. The second kappa shape index (κ2) is 5.90. The lowest BCUT2D eigenvalue weighted by molar-refractivity contribution is -0.100. The van der Waals surface area contributed by atoms with Crippen molar-refractivity contribution in [1.82, 2.24) is 25.3 Å². The maximum absolute atomic E-state index is 10.5. The highest BCUT2D eigenvalue weighted by Gasteiger charge is 2.53. The first-order chi connectivity index (χ1) is 10.9. The molecule has 23 heavy (non-hydrogen) atoms. The number of nitrogens with zero attached hydrogens (tertiary/aromatic N) is 4. The van der Waals surface area contributed by atoms with E-state index in [2.05, 4.69) is 36.4 Å². The number of hydrogen-bond donors (Lipinski definition) is 6. The lowest BCUT2D eigenvalue weighted by Crippen LogP contribution is -2.44. The zero-order valence-electron chi connectivity index (χ0n) is 11.9. The van der Waals surface area contributed by atoms with E-state index in [1.807, 2.05) is 0 Å². The third kappa shape index (κ3) is 2.48. The van der Waals surface area contributed by atoms with Gasteiger partial charge in [-0.3, -0.25) is 10.6 Å². The average Bonchev–Trinajstić information content (AvgIpc) is 2.96. The van der Waals surface area contributed by atoms with Crippen LogP contribution in [0.15, 0.2) is 10.9 Å². The van der Waals surface area contributed by atoms with E-state index in [1.165, 1.54) is 17.9 Å². The molecule has 12 heteroatoms. The Morgan fingerprint density at radius 2 is 2.22 bits per heavy atom. The molecule has 11 nitrogen and oxygen atoms in total. The fourth-order valence-electron chi connectivity index (χ4n) is 2.59. The van der Waals surface area contributed by atoms with Gasteiger partial charge in [0, 0.05) is 0 Å². The number of rotatable bonds is 4. The second-order valence-corrected chi connectivity index (χ2v) is 6.02. The molecule has 0 saturated carbocycles. The Kier molecular flexibility index (Phi) is 4.22. The molecular weight excluding hydrogens is 376 g/mol. The number of fused-ring (bicyclic) bond motifs is 1. The molecule has 1 aliphatic rings. The monoisotopic (exact) mass is 390 g/mol. The van der Waals surface area contributed by atoms with Crippen molar-refractivity contribution in [3.63, 3.8) is 0 Å². The van der Waals surface area contributed by atoms with Gasteiger partial charge in [-0.25, -0.2) is 14.6 Å². The van der Waals surface area contributed by atoms with Crippen molar-refractivity contribution in [3.8, 4) is 0 Å². The predicted molar refractivity (Wildman–Crippen MR) is 79.2 cm³/mol. The molecule has 0 aromatic carbocycles. The second-order valence-electron chi connectivity index (χ2n) is 5.27. The lowest BCUT2D eigenvalue weighted by atomic mass is 9.97. The Bertz CT molecular complexity index is 724. The first-order valence-electron chi connectivity index (χ1n) is 6.62. The van der Waals surface area contributed by atoms with Crippen molar-refractivity contribution in [2.24, 2.45) is 0 Å². The van der Waals surface area contributed by atoms with Crippen LogP contribution in [0.5, 0.6) is 0 Å². The summed E-state index contributed by atoms with van der Waals surface area (Å²) in [7, 11) is 0. The summed E-state index contributed by atoms with van der Waals surface area (Å²) in [4.78, 5) is 8.06. The van der Waals surface area contributed by atoms with Crippen molar-refractivity contribution >= 4 is 32.8 Å². The summed E-state index contributed by atoms with van der Waals surface area (Å²) in [6.45, 7) is 0.930. The topological polar surface area (TPSA) is 158 Å². The minimum Gasteiger partial charge on any atom is -0.394 e. The zero-order valence-corrected chi connectivity index (χ0v) is 13.5. The Morgan fingerprint density at radius 3 is 2.83 bits per heavy atom. The number of ether oxygens (including phenoxy) is 1. The summed E-state index contributed by atoms with van der Waals surface area (Å²) in [5.74, 6) is 0.243. The number of anilines is 1. The summed E-state index contributed by atoms with van der Waals surface area (Å²) in [5.41, 5.74) is 2.79. The van der Waals surface area contributed by atoms with Crippen LogP contribution in [0.25, 0.3) is 11.0 Å². The number of nitrogens with one attached hydrogen (secondary N) is 2. The number of aromatic nitrogens is 4. The van der Waals surface area contributed by atoms with Gasteiger partial charge in [-0.05, 0) is 22.9 Å².